The molecule has 0 unspecified atom stereocenters. The molecule has 0 fully saturated rings. The molecule has 2 aromatic heterocycles. The van der Waals surface area contributed by atoms with E-state index < -0.39 is 32.4 Å². The molecule has 0 saturated heterocycles. The Labute approximate surface area is 168 Å². The van der Waals surface area contributed by atoms with Gasteiger partial charge in [-0.25, -0.2) is 18.4 Å². The molecule has 2 heterocycles. The summed E-state index contributed by atoms with van der Waals surface area (Å²) in [6.07, 6.45) is -2.84. The molecule has 0 amide bonds. The van der Waals surface area contributed by atoms with Gasteiger partial charge in [0, 0.05) is 29.1 Å². The zero-order valence-electron chi connectivity index (χ0n) is 14.8. The molecule has 29 heavy (non-hydrogen) atoms. The number of benzene rings is 1. The van der Waals surface area contributed by atoms with Gasteiger partial charge in [0.15, 0.2) is 0 Å². The maximum absolute atomic E-state index is 13.2. The highest BCUT2D eigenvalue weighted by molar-refractivity contribution is 7.90. The van der Waals surface area contributed by atoms with Gasteiger partial charge in [-0.1, -0.05) is 23.7 Å². The SMILES string of the molecule is CS(=O)(=O)c1nc(-c2ccc(=O)n(Cc3ccc(Cl)cc3)c2)cc(C(F)(F)F)n1. The van der Waals surface area contributed by atoms with Crippen molar-refractivity contribution in [1.29, 1.82) is 0 Å². The second-order valence-electron chi connectivity index (χ2n) is 6.20. The van der Waals surface area contributed by atoms with E-state index in [1.54, 1.807) is 24.3 Å². The van der Waals surface area contributed by atoms with Gasteiger partial charge in [-0.2, -0.15) is 13.2 Å². The highest BCUT2D eigenvalue weighted by atomic mass is 35.5. The second kappa shape index (κ2) is 7.60. The first-order valence-electron chi connectivity index (χ1n) is 8.05. The Morgan fingerprint density at radius 2 is 1.72 bits per heavy atom. The lowest BCUT2D eigenvalue weighted by atomic mass is 10.1. The predicted molar refractivity (Wildman–Crippen MR) is 100 cm³/mol. The lowest BCUT2D eigenvalue weighted by Crippen LogP contribution is -2.19. The monoisotopic (exact) mass is 443 g/mol. The molecule has 3 rings (SSSR count). The molecule has 152 valence electrons. The number of sulfone groups is 1. The van der Waals surface area contributed by atoms with Crippen molar-refractivity contribution in [1.82, 2.24) is 14.5 Å². The Balaban J connectivity index is 2.11. The fourth-order valence-electron chi connectivity index (χ4n) is 2.48. The zero-order chi connectivity index (χ0) is 21.4. The fourth-order valence-corrected chi connectivity index (χ4v) is 3.13. The summed E-state index contributed by atoms with van der Waals surface area (Å²) < 4.78 is 64.2. The molecule has 0 spiro atoms. The number of aromatic nitrogens is 3. The van der Waals surface area contributed by atoms with E-state index in [0.717, 1.165) is 5.56 Å². The first kappa shape index (κ1) is 21.0. The summed E-state index contributed by atoms with van der Waals surface area (Å²) in [7, 11) is -4.09. The number of alkyl halides is 3. The van der Waals surface area contributed by atoms with Crippen LogP contribution in [0.15, 0.2) is 58.6 Å². The maximum Gasteiger partial charge on any atom is 0.433 e. The Morgan fingerprint density at radius 3 is 2.31 bits per heavy atom. The fraction of sp³-hybridized carbons (Fsp3) is 0.167. The minimum absolute atomic E-state index is 0.136. The molecule has 0 N–H and O–H groups in total. The largest absolute Gasteiger partial charge is 0.433 e. The molecule has 3 aromatic rings. The molecule has 0 atom stereocenters. The van der Waals surface area contributed by atoms with Crippen LogP contribution >= 0.6 is 11.6 Å². The van der Waals surface area contributed by atoms with E-state index in [-0.39, 0.29) is 17.8 Å². The van der Waals surface area contributed by atoms with Crippen molar-refractivity contribution in [2.45, 2.75) is 17.9 Å². The zero-order valence-corrected chi connectivity index (χ0v) is 16.4. The number of nitrogens with zero attached hydrogens (tertiary/aromatic N) is 3. The lowest BCUT2D eigenvalue weighted by molar-refractivity contribution is -0.141. The topological polar surface area (TPSA) is 81.9 Å². The quantitative estimate of drug-likeness (QED) is 0.577. The lowest BCUT2D eigenvalue weighted by Gasteiger charge is -2.12. The molecule has 0 aliphatic rings. The van der Waals surface area contributed by atoms with Gasteiger partial charge in [0.25, 0.3) is 5.56 Å². The van der Waals surface area contributed by atoms with Crippen LogP contribution in [0.5, 0.6) is 0 Å². The first-order chi connectivity index (χ1) is 13.4. The molecular formula is C18H13ClF3N3O3S. The van der Waals surface area contributed by atoms with E-state index >= 15 is 0 Å². The van der Waals surface area contributed by atoms with Crippen molar-refractivity contribution >= 4 is 21.4 Å². The van der Waals surface area contributed by atoms with E-state index in [9.17, 15) is 26.4 Å². The minimum atomic E-state index is -4.87. The number of pyridine rings is 1. The van der Waals surface area contributed by atoms with Gasteiger partial charge >= 0.3 is 6.18 Å². The van der Waals surface area contributed by atoms with Crippen LogP contribution in [0.1, 0.15) is 11.3 Å². The normalized spacial score (nSPS) is 12.2. The Kier molecular flexibility index (Phi) is 5.50. The van der Waals surface area contributed by atoms with Crippen LogP contribution in [-0.2, 0) is 22.6 Å². The van der Waals surface area contributed by atoms with Crippen molar-refractivity contribution in [3.05, 3.63) is 75.3 Å². The Hall–Kier alpha value is -2.72. The molecule has 0 bridgehead atoms. The smallest absolute Gasteiger partial charge is 0.310 e. The van der Waals surface area contributed by atoms with Gasteiger partial charge in [-0.15, -0.1) is 0 Å². The van der Waals surface area contributed by atoms with E-state index in [1.807, 2.05) is 0 Å². The molecular weight excluding hydrogens is 431 g/mol. The van der Waals surface area contributed by atoms with Crippen LogP contribution in [0.4, 0.5) is 13.2 Å². The van der Waals surface area contributed by atoms with Crippen LogP contribution in [0.3, 0.4) is 0 Å². The summed E-state index contributed by atoms with van der Waals surface area (Å²) in [6.45, 7) is 0.139. The highest BCUT2D eigenvalue weighted by Crippen LogP contribution is 2.30. The Morgan fingerprint density at radius 1 is 1.07 bits per heavy atom. The summed E-state index contributed by atoms with van der Waals surface area (Å²) >= 11 is 5.83. The van der Waals surface area contributed by atoms with Crippen LogP contribution in [0, 0.1) is 0 Å². The highest BCUT2D eigenvalue weighted by Gasteiger charge is 2.35. The van der Waals surface area contributed by atoms with Crippen LogP contribution < -0.4 is 5.56 Å². The molecule has 0 saturated carbocycles. The number of halogens is 4. The number of hydrogen-bond acceptors (Lipinski definition) is 5. The summed E-state index contributed by atoms with van der Waals surface area (Å²) in [5, 5.41) is -0.429. The van der Waals surface area contributed by atoms with E-state index in [4.69, 9.17) is 11.6 Å². The van der Waals surface area contributed by atoms with Crippen LogP contribution in [0.25, 0.3) is 11.3 Å². The van der Waals surface area contributed by atoms with E-state index in [1.165, 1.54) is 22.9 Å². The van der Waals surface area contributed by atoms with Crippen molar-refractivity contribution in [3.8, 4) is 11.3 Å². The average Bonchev–Trinajstić information content (AvgIpc) is 2.63. The van der Waals surface area contributed by atoms with Crippen LogP contribution in [0.2, 0.25) is 5.02 Å². The van der Waals surface area contributed by atoms with Gasteiger partial charge in [-0.05, 0) is 29.8 Å². The van der Waals surface area contributed by atoms with Crippen molar-refractivity contribution < 1.29 is 21.6 Å². The summed E-state index contributed by atoms with van der Waals surface area (Å²) in [5.41, 5.74) is -1.17. The molecule has 1 aromatic carbocycles. The minimum Gasteiger partial charge on any atom is -0.310 e. The number of rotatable bonds is 4. The van der Waals surface area contributed by atoms with E-state index in [0.29, 0.717) is 17.3 Å². The third kappa shape index (κ3) is 5.01. The summed E-state index contributed by atoms with van der Waals surface area (Å²) in [4.78, 5) is 19.0. The molecule has 11 heteroatoms. The second-order valence-corrected chi connectivity index (χ2v) is 8.55. The van der Waals surface area contributed by atoms with Crippen molar-refractivity contribution in [2.75, 3.05) is 6.26 Å². The molecule has 0 radical (unpaired) electrons. The Bertz CT molecular complexity index is 1220. The summed E-state index contributed by atoms with van der Waals surface area (Å²) in [6, 6.07) is 9.77. The average molecular weight is 444 g/mol. The van der Waals surface area contributed by atoms with Crippen molar-refractivity contribution in [3.63, 3.8) is 0 Å². The first-order valence-corrected chi connectivity index (χ1v) is 10.3. The van der Waals surface area contributed by atoms with Gasteiger partial charge in [-0.3, -0.25) is 4.79 Å². The molecule has 0 aliphatic carbocycles. The predicted octanol–water partition coefficient (Wildman–Crippen LogP) is 3.43. The standard InChI is InChI=1S/C18H13ClF3N3O3S/c1-29(27,28)17-23-14(8-15(24-17)18(20,21)22)12-4-7-16(26)25(10-12)9-11-2-5-13(19)6-3-11/h2-8,10H,9H2,1H3. The number of hydrogen-bond donors (Lipinski definition) is 0. The third-order valence-electron chi connectivity index (χ3n) is 3.87. The van der Waals surface area contributed by atoms with Crippen LogP contribution in [-0.4, -0.2) is 29.2 Å². The maximum atomic E-state index is 13.2. The van der Waals surface area contributed by atoms with Gasteiger partial charge in [0.1, 0.15) is 5.69 Å². The molecule has 6 nitrogen and oxygen atoms in total. The summed E-state index contributed by atoms with van der Waals surface area (Å²) in [5.74, 6) is 0. The van der Waals surface area contributed by atoms with Gasteiger partial charge in [0.05, 0.1) is 12.2 Å². The van der Waals surface area contributed by atoms with Gasteiger partial charge in [0.2, 0.25) is 15.0 Å². The van der Waals surface area contributed by atoms with Gasteiger partial charge < -0.3 is 4.57 Å². The third-order valence-corrected chi connectivity index (χ3v) is 4.97. The molecule has 0 aliphatic heterocycles. The van der Waals surface area contributed by atoms with E-state index in [2.05, 4.69) is 9.97 Å². The van der Waals surface area contributed by atoms with Crippen molar-refractivity contribution in [2.24, 2.45) is 0 Å².